The van der Waals surface area contributed by atoms with Gasteiger partial charge in [0.25, 0.3) is 0 Å². The molecule has 0 heterocycles. The molecule has 0 aliphatic heterocycles. The summed E-state index contributed by atoms with van der Waals surface area (Å²) in [6.45, 7) is 3.82. The van der Waals surface area contributed by atoms with Gasteiger partial charge < -0.3 is 0 Å². The molecule has 0 radical (unpaired) electrons. The van der Waals surface area contributed by atoms with Gasteiger partial charge >= 0.3 is 262 Å². The summed E-state index contributed by atoms with van der Waals surface area (Å²) in [7, 11) is 0. The van der Waals surface area contributed by atoms with Crippen molar-refractivity contribution in [3.63, 3.8) is 0 Å². The molecular formula is C37H30O6Sn. The second-order valence-corrected chi connectivity index (χ2v) is 17.8. The molecule has 6 rings (SSSR count). The Labute approximate surface area is 260 Å². The Kier molecular flexibility index (Phi) is 8.35. The molecule has 218 valence electrons. The maximum atomic E-state index is 14.0. The minimum atomic E-state index is -5.45. The van der Waals surface area contributed by atoms with Gasteiger partial charge in [0.2, 0.25) is 0 Å². The summed E-state index contributed by atoms with van der Waals surface area (Å²) in [5, 5.41) is 4.62. The molecule has 0 spiro atoms. The first-order valence-electron chi connectivity index (χ1n) is 14.5. The summed E-state index contributed by atoms with van der Waals surface area (Å²) >= 11 is -5.45. The SMILES string of the molecule is CC(C)[CH2][Sn]([O]C(=O)c1cccc2ccccc12)([O]C(=O)c1cccc2ccccc12)[O]C(=O)c1cccc2ccccc12. The van der Waals surface area contributed by atoms with Crippen LogP contribution in [0.25, 0.3) is 32.3 Å². The fraction of sp³-hybridized carbons (Fsp3) is 0.108. The summed E-state index contributed by atoms with van der Waals surface area (Å²) < 4.78 is 18.8. The van der Waals surface area contributed by atoms with Crippen LogP contribution < -0.4 is 0 Å². The van der Waals surface area contributed by atoms with Crippen molar-refractivity contribution in [3.8, 4) is 0 Å². The first-order valence-corrected chi connectivity index (χ1v) is 20.0. The fourth-order valence-electron chi connectivity index (χ4n) is 5.49. The molecule has 0 N–H and O–H groups in total. The zero-order valence-electron chi connectivity index (χ0n) is 24.4. The number of benzene rings is 6. The Bertz CT molecular complexity index is 1790. The zero-order valence-corrected chi connectivity index (χ0v) is 27.2. The van der Waals surface area contributed by atoms with Crippen LogP contribution in [-0.4, -0.2) is 37.5 Å². The van der Waals surface area contributed by atoms with E-state index in [4.69, 9.17) is 9.22 Å². The van der Waals surface area contributed by atoms with E-state index in [-0.39, 0.29) is 10.4 Å². The Morgan fingerprint density at radius 1 is 0.477 bits per heavy atom. The summed E-state index contributed by atoms with van der Waals surface area (Å²) in [4.78, 5) is 41.9. The number of fused-ring (bicyclic) bond motifs is 3. The average Bonchev–Trinajstić information content (AvgIpc) is 3.03. The summed E-state index contributed by atoms with van der Waals surface area (Å²) in [6.07, 6.45) is 0. The maximum absolute atomic E-state index is 14.0. The van der Waals surface area contributed by atoms with Crippen LogP contribution in [0.15, 0.2) is 127 Å². The Morgan fingerprint density at radius 2 is 0.773 bits per heavy atom. The third-order valence-electron chi connectivity index (χ3n) is 7.43. The fourth-order valence-corrected chi connectivity index (χ4v) is 12.8. The molecule has 6 aromatic rings. The van der Waals surface area contributed by atoms with Gasteiger partial charge in [0.1, 0.15) is 0 Å². The molecule has 7 heteroatoms. The first kappa shape index (κ1) is 29.4. The zero-order chi connectivity index (χ0) is 30.7. The third kappa shape index (κ3) is 6.03. The molecule has 6 nitrogen and oxygen atoms in total. The predicted octanol–water partition coefficient (Wildman–Crippen LogP) is 8.61. The van der Waals surface area contributed by atoms with Crippen molar-refractivity contribution in [1.82, 2.24) is 0 Å². The Morgan fingerprint density at radius 3 is 1.09 bits per heavy atom. The molecule has 44 heavy (non-hydrogen) atoms. The van der Waals surface area contributed by atoms with Gasteiger partial charge in [0.15, 0.2) is 0 Å². The number of rotatable bonds is 8. The van der Waals surface area contributed by atoms with Crippen molar-refractivity contribution >= 4 is 69.8 Å². The van der Waals surface area contributed by atoms with E-state index in [2.05, 4.69) is 0 Å². The van der Waals surface area contributed by atoms with Gasteiger partial charge in [0.05, 0.1) is 0 Å². The van der Waals surface area contributed by atoms with Gasteiger partial charge in [-0.1, -0.05) is 0 Å². The molecule has 0 aliphatic carbocycles. The van der Waals surface area contributed by atoms with Gasteiger partial charge in [-0.3, -0.25) is 0 Å². The van der Waals surface area contributed by atoms with E-state index in [0.717, 1.165) is 16.2 Å². The van der Waals surface area contributed by atoms with E-state index < -0.39 is 37.5 Å². The molecule has 0 fully saturated rings. The van der Waals surface area contributed by atoms with Crippen LogP contribution in [0.1, 0.15) is 44.9 Å². The average molecular weight is 689 g/mol. The van der Waals surface area contributed by atoms with Gasteiger partial charge in [-0.15, -0.1) is 0 Å². The first-order chi connectivity index (χ1) is 21.3. The molecule has 0 saturated carbocycles. The number of hydrogen-bond donors (Lipinski definition) is 0. The summed E-state index contributed by atoms with van der Waals surface area (Å²) in [5.74, 6) is -2.22. The molecule has 0 aromatic heterocycles. The van der Waals surface area contributed by atoms with Crippen LogP contribution >= 0.6 is 0 Å². The molecule has 0 amide bonds. The summed E-state index contributed by atoms with van der Waals surface area (Å²) in [6, 6.07) is 38.4. The minimum absolute atomic E-state index is 0.109. The van der Waals surface area contributed by atoms with Gasteiger partial charge in [-0.25, -0.2) is 0 Å². The van der Waals surface area contributed by atoms with E-state index in [0.29, 0.717) is 32.8 Å². The monoisotopic (exact) mass is 690 g/mol. The van der Waals surface area contributed by atoms with Crippen molar-refractivity contribution in [2.45, 2.75) is 18.3 Å². The van der Waals surface area contributed by atoms with E-state index in [1.54, 1.807) is 36.4 Å². The molecule has 0 atom stereocenters. The van der Waals surface area contributed by atoms with E-state index >= 15 is 0 Å². The van der Waals surface area contributed by atoms with Gasteiger partial charge in [-0.2, -0.15) is 0 Å². The third-order valence-corrected chi connectivity index (χ3v) is 15.4. The topological polar surface area (TPSA) is 78.9 Å². The summed E-state index contributed by atoms with van der Waals surface area (Å²) in [5.41, 5.74) is 0.904. The number of carbonyl (C=O) groups excluding carboxylic acids is 3. The normalized spacial score (nSPS) is 11.5. The number of hydrogen-bond acceptors (Lipinski definition) is 6. The quantitative estimate of drug-likeness (QED) is 0.149. The van der Waals surface area contributed by atoms with Gasteiger partial charge in [0, 0.05) is 0 Å². The predicted molar refractivity (Wildman–Crippen MR) is 173 cm³/mol. The number of carbonyl (C=O) groups is 3. The second-order valence-electron chi connectivity index (χ2n) is 11.0. The van der Waals surface area contributed by atoms with Crippen LogP contribution in [0.3, 0.4) is 0 Å². The second kappa shape index (κ2) is 12.5. The molecule has 0 saturated heterocycles. The molecular weight excluding hydrogens is 659 g/mol. The molecule has 6 aromatic carbocycles. The molecule has 0 unspecified atom stereocenters. The Balaban J connectivity index is 1.45. The van der Waals surface area contributed by atoms with Crippen molar-refractivity contribution in [1.29, 1.82) is 0 Å². The van der Waals surface area contributed by atoms with Crippen LogP contribution in [0.4, 0.5) is 0 Å². The van der Waals surface area contributed by atoms with Crippen LogP contribution in [0.5, 0.6) is 0 Å². The van der Waals surface area contributed by atoms with Crippen molar-refractivity contribution in [2.75, 3.05) is 0 Å². The van der Waals surface area contributed by atoms with E-state index in [1.807, 2.05) is 105 Å². The van der Waals surface area contributed by atoms with Crippen molar-refractivity contribution in [3.05, 3.63) is 144 Å². The molecule has 0 bridgehead atoms. The van der Waals surface area contributed by atoms with Crippen LogP contribution in [0, 0.1) is 5.92 Å². The van der Waals surface area contributed by atoms with Crippen molar-refractivity contribution in [2.24, 2.45) is 5.92 Å². The van der Waals surface area contributed by atoms with Gasteiger partial charge in [-0.05, 0) is 0 Å². The van der Waals surface area contributed by atoms with Crippen LogP contribution in [0.2, 0.25) is 4.44 Å². The van der Waals surface area contributed by atoms with Crippen LogP contribution in [-0.2, 0) is 9.22 Å². The molecule has 0 aliphatic rings. The van der Waals surface area contributed by atoms with E-state index in [1.165, 1.54) is 0 Å². The standard InChI is InChI=1S/3C11H8O2.C4H9.Sn/c3*12-11(13)10-7-3-5-8-4-1-2-6-9(8)10;1-4(2)3;/h3*1-7H,(H,12,13);4H,1H2,2-3H3;/q;;;;+3/p-3. The Hall–Kier alpha value is -4.69. The van der Waals surface area contributed by atoms with Crippen molar-refractivity contribution < 1.29 is 23.6 Å². The van der Waals surface area contributed by atoms with E-state index in [9.17, 15) is 14.4 Å².